The number of nitrogens with zero attached hydrogens (tertiary/aromatic N) is 1. The molecule has 168 valence electrons. The molecule has 5 rings (SSSR count). The van der Waals surface area contributed by atoms with Crippen molar-refractivity contribution in [3.63, 3.8) is 0 Å². The minimum absolute atomic E-state index is 0. The van der Waals surface area contributed by atoms with Crippen molar-refractivity contribution in [2.75, 3.05) is 25.0 Å². The highest BCUT2D eigenvalue weighted by Crippen LogP contribution is 2.48. The first-order chi connectivity index (χ1) is 14.1. The van der Waals surface area contributed by atoms with E-state index in [0.717, 1.165) is 43.5 Å². The summed E-state index contributed by atoms with van der Waals surface area (Å²) in [4.78, 5) is 0.434. The second kappa shape index (κ2) is 9.35. The maximum atomic E-state index is 13.2. The molecule has 1 aliphatic carbocycles. The molecular formula is C23H35ClN2O3S. The second-order valence-corrected chi connectivity index (χ2v) is 11.3. The third-order valence-corrected chi connectivity index (χ3v) is 9.49. The molecule has 0 radical (unpaired) electrons. The fourth-order valence-electron chi connectivity index (χ4n) is 6.06. The normalized spacial score (nSPS) is 30.5. The smallest absolute Gasteiger partial charge is 0.243 e. The zero-order chi connectivity index (χ0) is 19.8. The molecule has 2 saturated heterocycles. The molecule has 0 amide bonds. The summed E-state index contributed by atoms with van der Waals surface area (Å²) in [6.45, 7) is 2.06. The van der Waals surface area contributed by atoms with Crippen molar-refractivity contribution in [1.29, 1.82) is 0 Å². The molecule has 3 atom stereocenters. The summed E-state index contributed by atoms with van der Waals surface area (Å²) in [6, 6.07) is 6.16. The van der Waals surface area contributed by atoms with Crippen LogP contribution < -0.4 is 5.32 Å². The van der Waals surface area contributed by atoms with Crippen molar-refractivity contribution in [3.8, 4) is 0 Å². The summed E-state index contributed by atoms with van der Waals surface area (Å²) in [6.07, 6.45) is 12.0. The lowest BCUT2D eigenvalue weighted by Gasteiger charge is -2.47. The minimum atomic E-state index is -3.42. The molecule has 0 aromatic heterocycles. The van der Waals surface area contributed by atoms with Crippen molar-refractivity contribution in [2.45, 2.75) is 81.2 Å². The van der Waals surface area contributed by atoms with Gasteiger partial charge in [0, 0.05) is 42.9 Å². The monoisotopic (exact) mass is 454 g/mol. The number of anilines is 1. The van der Waals surface area contributed by atoms with Gasteiger partial charge in [0.15, 0.2) is 0 Å². The molecule has 1 aromatic rings. The number of halogens is 1. The Labute approximate surface area is 187 Å². The van der Waals surface area contributed by atoms with Gasteiger partial charge in [0.2, 0.25) is 10.0 Å². The lowest BCUT2D eigenvalue weighted by atomic mass is 9.71. The van der Waals surface area contributed by atoms with Crippen molar-refractivity contribution in [2.24, 2.45) is 11.8 Å². The summed E-state index contributed by atoms with van der Waals surface area (Å²) >= 11 is 0. The van der Waals surface area contributed by atoms with Crippen molar-refractivity contribution in [3.05, 3.63) is 23.8 Å². The van der Waals surface area contributed by atoms with E-state index in [1.807, 2.05) is 12.1 Å². The topological polar surface area (TPSA) is 58.6 Å². The van der Waals surface area contributed by atoms with Crippen molar-refractivity contribution < 1.29 is 13.2 Å². The van der Waals surface area contributed by atoms with E-state index in [1.54, 1.807) is 10.4 Å². The lowest BCUT2D eigenvalue weighted by Crippen LogP contribution is -2.46. The largest absolute Gasteiger partial charge is 0.381 e. The summed E-state index contributed by atoms with van der Waals surface area (Å²) in [5.74, 6) is 1.16. The number of sulfonamides is 1. The highest BCUT2D eigenvalue weighted by atomic mass is 35.5. The zero-order valence-corrected chi connectivity index (χ0v) is 19.4. The summed E-state index contributed by atoms with van der Waals surface area (Å²) < 4.78 is 34.4. The number of rotatable bonds is 3. The molecule has 3 heterocycles. The Balaban J connectivity index is 0.00000218. The van der Waals surface area contributed by atoms with Crippen LogP contribution >= 0.6 is 12.4 Å². The number of fused-ring (bicyclic) bond motifs is 3. The Kier molecular flexibility index (Phi) is 6.98. The van der Waals surface area contributed by atoms with Crippen LogP contribution in [0.5, 0.6) is 0 Å². The zero-order valence-electron chi connectivity index (χ0n) is 17.7. The third kappa shape index (κ3) is 4.13. The molecule has 0 bridgehead atoms. The van der Waals surface area contributed by atoms with Gasteiger partial charge < -0.3 is 10.1 Å². The molecule has 7 heteroatoms. The van der Waals surface area contributed by atoms with Crippen LogP contribution in [0.15, 0.2) is 23.1 Å². The summed E-state index contributed by atoms with van der Waals surface area (Å²) in [5.41, 5.74) is 2.14. The summed E-state index contributed by atoms with van der Waals surface area (Å²) in [7, 11) is -3.42. The first-order valence-electron chi connectivity index (χ1n) is 11.7. The number of ether oxygens (including phenoxy) is 1. The van der Waals surface area contributed by atoms with Gasteiger partial charge in [-0.05, 0) is 62.6 Å². The predicted octanol–water partition coefficient (Wildman–Crippen LogP) is 5.13. The molecule has 3 fully saturated rings. The molecule has 3 aliphatic heterocycles. The van der Waals surface area contributed by atoms with Gasteiger partial charge >= 0.3 is 0 Å². The van der Waals surface area contributed by atoms with Gasteiger partial charge in [-0.25, -0.2) is 8.42 Å². The highest BCUT2D eigenvalue weighted by molar-refractivity contribution is 7.89. The Morgan fingerprint density at radius 2 is 1.67 bits per heavy atom. The van der Waals surface area contributed by atoms with Crippen LogP contribution in [0.4, 0.5) is 5.69 Å². The Morgan fingerprint density at radius 1 is 0.933 bits per heavy atom. The molecule has 1 aromatic carbocycles. The third-order valence-electron chi connectivity index (χ3n) is 7.59. The standard InChI is InChI=1S/C23H34N2O3S.ClH/c26-29(27,25-13-5-2-6-14-25)18-11-12-21-20(16-18)23-19(10-7-15-28-23)22(24-21)17-8-3-1-4-9-17;/h11-12,16-17,19,22-24H,1-10,13-15H2;1H/t19-,22+,23-;/m0./s1. The van der Waals surface area contributed by atoms with E-state index in [4.69, 9.17) is 4.74 Å². The number of benzene rings is 1. The Morgan fingerprint density at radius 3 is 2.43 bits per heavy atom. The molecule has 1 saturated carbocycles. The van der Waals surface area contributed by atoms with E-state index < -0.39 is 10.0 Å². The van der Waals surface area contributed by atoms with Crippen molar-refractivity contribution >= 4 is 28.1 Å². The van der Waals surface area contributed by atoms with E-state index in [2.05, 4.69) is 5.32 Å². The Hall–Kier alpha value is -0.820. The Bertz CT molecular complexity index is 835. The maximum Gasteiger partial charge on any atom is 0.243 e. The van der Waals surface area contributed by atoms with Crippen LogP contribution in [0.1, 0.15) is 75.9 Å². The minimum Gasteiger partial charge on any atom is -0.381 e. The summed E-state index contributed by atoms with van der Waals surface area (Å²) in [5, 5.41) is 3.84. The highest BCUT2D eigenvalue weighted by Gasteiger charge is 2.43. The fraction of sp³-hybridized carbons (Fsp3) is 0.739. The predicted molar refractivity (Wildman–Crippen MR) is 122 cm³/mol. The average Bonchev–Trinajstić information content (AvgIpc) is 2.79. The van der Waals surface area contributed by atoms with E-state index in [-0.39, 0.29) is 18.5 Å². The van der Waals surface area contributed by atoms with Gasteiger partial charge in [-0.3, -0.25) is 0 Å². The quantitative estimate of drug-likeness (QED) is 0.688. The van der Waals surface area contributed by atoms with Gasteiger partial charge in [0.1, 0.15) is 0 Å². The average molecular weight is 455 g/mol. The van der Waals surface area contributed by atoms with E-state index in [1.165, 1.54) is 38.5 Å². The van der Waals surface area contributed by atoms with Crippen LogP contribution in [0.2, 0.25) is 0 Å². The van der Waals surface area contributed by atoms with Gasteiger partial charge in [0.25, 0.3) is 0 Å². The van der Waals surface area contributed by atoms with E-state index in [9.17, 15) is 8.42 Å². The molecule has 30 heavy (non-hydrogen) atoms. The van der Waals surface area contributed by atoms with Gasteiger partial charge in [0.05, 0.1) is 11.0 Å². The van der Waals surface area contributed by atoms with E-state index >= 15 is 0 Å². The molecule has 1 N–H and O–H groups in total. The van der Waals surface area contributed by atoms with Crippen LogP contribution in [-0.4, -0.2) is 38.5 Å². The van der Waals surface area contributed by atoms with Crippen molar-refractivity contribution in [1.82, 2.24) is 4.31 Å². The first-order valence-corrected chi connectivity index (χ1v) is 13.1. The van der Waals surface area contributed by atoms with Crippen LogP contribution in [-0.2, 0) is 14.8 Å². The van der Waals surface area contributed by atoms with Gasteiger partial charge in [-0.1, -0.05) is 25.7 Å². The number of nitrogens with one attached hydrogen (secondary N) is 1. The second-order valence-electron chi connectivity index (χ2n) is 9.38. The number of hydrogen-bond acceptors (Lipinski definition) is 4. The van der Waals surface area contributed by atoms with Gasteiger partial charge in [-0.15, -0.1) is 12.4 Å². The van der Waals surface area contributed by atoms with E-state index in [0.29, 0.717) is 35.9 Å². The molecule has 0 unspecified atom stereocenters. The number of hydrogen-bond donors (Lipinski definition) is 1. The maximum absolute atomic E-state index is 13.2. The first kappa shape index (κ1) is 22.4. The van der Waals surface area contributed by atoms with Crippen LogP contribution in [0.25, 0.3) is 0 Å². The molecular weight excluding hydrogens is 420 g/mol. The molecule has 5 nitrogen and oxygen atoms in total. The van der Waals surface area contributed by atoms with Gasteiger partial charge in [-0.2, -0.15) is 4.31 Å². The van der Waals surface area contributed by atoms with Crippen LogP contribution in [0.3, 0.4) is 0 Å². The SMILES string of the molecule is Cl.O=S(=O)(c1ccc2c(c1)[C@H]1OCCC[C@H]1[C@@H](C1CCCCC1)N2)N1CCCCC1. The van der Waals surface area contributed by atoms with Crippen LogP contribution in [0, 0.1) is 11.8 Å². The number of piperidine rings is 1. The molecule has 0 spiro atoms. The molecule has 4 aliphatic rings. The fourth-order valence-corrected chi connectivity index (χ4v) is 7.62. The lowest BCUT2D eigenvalue weighted by molar-refractivity contribution is -0.0459.